The molecule has 2 heterocycles. The van der Waals surface area contributed by atoms with Gasteiger partial charge in [-0.15, -0.1) is 0 Å². The number of ether oxygens (including phenoxy) is 1. The van der Waals surface area contributed by atoms with Gasteiger partial charge in [-0.1, -0.05) is 13.8 Å². The first kappa shape index (κ1) is 14.2. The number of nitrogens with zero attached hydrogens (tertiary/aromatic N) is 2. The third-order valence-electron chi connectivity index (χ3n) is 5.33. The Morgan fingerprint density at radius 2 is 2.05 bits per heavy atom. The van der Waals surface area contributed by atoms with Gasteiger partial charge in [-0.2, -0.15) is 0 Å². The Balaban J connectivity index is 1.70. The van der Waals surface area contributed by atoms with E-state index in [1.54, 1.807) is 0 Å². The first-order valence-corrected chi connectivity index (χ1v) is 8.32. The number of hydrogen-bond donors (Lipinski definition) is 1. The van der Waals surface area contributed by atoms with Crippen LogP contribution in [0, 0.1) is 11.3 Å². The van der Waals surface area contributed by atoms with E-state index in [4.69, 9.17) is 9.73 Å². The van der Waals surface area contributed by atoms with Crippen LogP contribution in [0.1, 0.15) is 46.5 Å². The van der Waals surface area contributed by atoms with E-state index in [1.165, 1.54) is 25.7 Å². The first-order chi connectivity index (χ1) is 9.64. The molecule has 0 amide bonds. The Labute approximate surface area is 123 Å². The maximum absolute atomic E-state index is 6.00. The van der Waals surface area contributed by atoms with Crippen molar-refractivity contribution in [3.8, 4) is 0 Å². The third-order valence-corrected chi connectivity index (χ3v) is 5.33. The Morgan fingerprint density at radius 3 is 2.75 bits per heavy atom. The van der Waals surface area contributed by atoms with Crippen molar-refractivity contribution in [1.82, 2.24) is 10.2 Å². The molecule has 3 fully saturated rings. The topological polar surface area (TPSA) is 36.9 Å². The van der Waals surface area contributed by atoms with E-state index in [1.807, 2.05) is 0 Å². The molecule has 1 N–H and O–H groups in total. The maximum atomic E-state index is 6.00. The van der Waals surface area contributed by atoms with Gasteiger partial charge >= 0.3 is 0 Å². The summed E-state index contributed by atoms with van der Waals surface area (Å²) >= 11 is 0. The van der Waals surface area contributed by atoms with Crippen LogP contribution in [-0.4, -0.2) is 49.2 Å². The van der Waals surface area contributed by atoms with Gasteiger partial charge < -0.3 is 15.0 Å². The minimum absolute atomic E-state index is 0.222. The number of rotatable bonds is 2. The minimum Gasteiger partial charge on any atom is -0.377 e. The zero-order valence-electron chi connectivity index (χ0n) is 13.2. The molecule has 1 saturated carbocycles. The lowest BCUT2D eigenvalue weighted by Gasteiger charge is -2.60. The predicted molar refractivity (Wildman–Crippen MR) is 82.0 cm³/mol. The summed E-state index contributed by atoms with van der Waals surface area (Å²) in [6.45, 7) is 10.9. The van der Waals surface area contributed by atoms with E-state index in [0.717, 1.165) is 32.2 Å². The molecule has 3 atom stereocenters. The lowest BCUT2D eigenvalue weighted by Crippen LogP contribution is -2.71. The largest absolute Gasteiger partial charge is 0.377 e. The predicted octanol–water partition coefficient (Wildman–Crippen LogP) is 2.25. The Morgan fingerprint density at radius 1 is 1.30 bits per heavy atom. The van der Waals surface area contributed by atoms with Crippen molar-refractivity contribution >= 4 is 5.96 Å². The standard InChI is InChI=1S/C16H29N3O/c1-4-17-15(19-9-5-6-10-19)18-13-12-8-7-11-20-14(12)16(13,2)3/h12-14H,4-11H2,1-3H3,(H,17,18). The summed E-state index contributed by atoms with van der Waals surface area (Å²) in [4.78, 5) is 7.15. The summed E-state index contributed by atoms with van der Waals surface area (Å²) in [7, 11) is 0. The molecule has 0 aromatic heterocycles. The fourth-order valence-corrected chi connectivity index (χ4v) is 4.27. The van der Waals surface area contributed by atoms with Gasteiger partial charge in [0.25, 0.3) is 0 Å². The summed E-state index contributed by atoms with van der Waals surface area (Å²) in [6.07, 6.45) is 5.54. The van der Waals surface area contributed by atoms with Crippen LogP contribution >= 0.6 is 0 Å². The molecule has 0 bridgehead atoms. The highest BCUT2D eigenvalue weighted by molar-refractivity contribution is 5.80. The minimum atomic E-state index is 0.222. The van der Waals surface area contributed by atoms with Gasteiger partial charge in [-0.25, -0.2) is 0 Å². The van der Waals surface area contributed by atoms with Crippen LogP contribution in [-0.2, 0) is 4.74 Å². The molecule has 2 saturated heterocycles. The van der Waals surface area contributed by atoms with Crippen LogP contribution < -0.4 is 5.32 Å². The van der Waals surface area contributed by atoms with Crippen LogP contribution in [0.4, 0.5) is 0 Å². The fourth-order valence-electron chi connectivity index (χ4n) is 4.27. The van der Waals surface area contributed by atoms with Crippen molar-refractivity contribution in [2.75, 3.05) is 26.2 Å². The van der Waals surface area contributed by atoms with Gasteiger partial charge in [0.2, 0.25) is 0 Å². The van der Waals surface area contributed by atoms with E-state index in [9.17, 15) is 0 Å². The molecule has 0 aromatic rings. The Hall–Kier alpha value is -0.770. The zero-order valence-corrected chi connectivity index (χ0v) is 13.2. The lowest BCUT2D eigenvalue weighted by molar-refractivity contribution is -0.188. The van der Waals surface area contributed by atoms with Crippen LogP contribution in [0.3, 0.4) is 0 Å². The maximum Gasteiger partial charge on any atom is 0.194 e. The molecule has 1 aliphatic carbocycles. The fraction of sp³-hybridized carbons (Fsp3) is 0.938. The van der Waals surface area contributed by atoms with Crippen LogP contribution in [0.25, 0.3) is 0 Å². The number of hydrogen-bond acceptors (Lipinski definition) is 2. The smallest absolute Gasteiger partial charge is 0.194 e. The highest BCUT2D eigenvalue weighted by Crippen LogP contribution is 2.51. The summed E-state index contributed by atoms with van der Waals surface area (Å²) in [6, 6.07) is 0.513. The van der Waals surface area contributed by atoms with Crippen LogP contribution in [0.5, 0.6) is 0 Å². The van der Waals surface area contributed by atoms with Crippen molar-refractivity contribution in [2.24, 2.45) is 16.3 Å². The summed E-state index contributed by atoms with van der Waals surface area (Å²) in [5, 5.41) is 3.78. The molecule has 3 aliphatic rings. The SMILES string of the molecule is CCN=C(NC1C2CCCOC2C1(C)C)N1CCCC1. The normalized spacial score (nSPS) is 36.5. The zero-order chi connectivity index (χ0) is 14.2. The molecule has 4 nitrogen and oxygen atoms in total. The molecule has 2 aliphatic heterocycles. The Kier molecular flexibility index (Phi) is 3.93. The molecular weight excluding hydrogens is 250 g/mol. The van der Waals surface area contributed by atoms with E-state index in [2.05, 4.69) is 31.0 Å². The van der Waals surface area contributed by atoms with Gasteiger partial charge in [0, 0.05) is 43.6 Å². The van der Waals surface area contributed by atoms with Gasteiger partial charge in [0.1, 0.15) is 0 Å². The van der Waals surface area contributed by atoms with Gasteiger partial charge in [-0.05, 0) is 32.6 Å². The highest BCUT2D eigenvalue weighted by atomic mass is 16.5. The molecule has 0 radical (unpaired) electrons. The summed E-state index contributed by atoms with van der Waals surface area (Å²) in [5.74, 6) is 1.80. The lowest BCUT2D eigenvalue weighted by atomic mass is 9.55. The monoisotopic (exact) mass is 279 g/mol. The number of aliphatic imine (C=N–C) groups is 1. The molecule has 3 unspecified atom stereocenters. The van der Waals surface area contributed by atoms with Gasteiger partial charge in [-0.3, -0.25) is 4.99 Å². The van der Waals surface area contributed by atoms with Crippen molar-refractivity contribution < 1.29 is 4.74 Å². The van der Waals surface area contributed by atoms with Crippen LogP contribution in [0.2, 0.25) is 0 Å². The van der Waals surface area contributed by atoms with E-state index < -0.39 is 0 Å². The van der Waals surface area contributed by atoms with Gasteiger partial charge in [0.15, 0.2) is 5.96 Å². The number of guanidine groups is 1. The summed E-state index contributed by atoms with van der Waals surface area (Å²) in [5.41, 5.74) is 0.222. The second-order valence-corrected chi connectivity index (χ2v) is 7.03. The van der Waals surface area contributed by atoms with Crippen molar-refractivity contribution in [3.63, 3.8) is 0 Å². The van der Waals surface area contributed by atoms with Crippen molar-refractivity contribution in [2.45, 2.75) is 58.6 Å². The van der Waals surface area contributed by atoms with Crippen molar-refractivity contribution in [1.29, 1.82) is 0 Å². The van der Waals surface area contributed by atoms with E-state index in [-0.39, 0.29) is 5.41 Å². The quantitative estimate of drug-likeness (QED) is 0.622. The molecule has 0 aromatic carbocycles. The molecule has 114 valence electrons. The molecule has 20 heavy (non-hydrogen) atoms. The third kappa shape index (κ3) is 2.32. The summed E-state index contributed by atoms with van der Waals surface area (Å²) < 4.78 is 6.00. The number of fused-ring (bicyclic) bond motifs is 1. The highest BCUT2D eigenvalue weighted by Gasteiger charge is 2.58. The first-order valence-electron chi connectivity index (χ1n) is 8.32. The molecule has 3 rings (SSSR count). The number of nitrogens with one attached hydrogen (secondary N) is 1. The number of likely N-dealkylation sites (tertiary alicyclic amines) is 1. The average molecular weight is 279 g/mol. The average Bonchev–Trinajstić information content (AvgIpc) is 2.97. The molecule has 4 heteroatoms. The second-order valence-electron chi connectivity index (χ2n) is 7.03. The van der Waals surface area contributed by atoms with E-state index >= 15 is 0 Å². The van der Waals surface area contributed by atoms with Crippen molar-refractivity contribution in [3.05, 3.63) is 0 Å². The molecule has 0 spiro atoms. The van der Waals surface area contributed by atoms with E-state index in [0.29, 0.717) is 18.1 Å². The second kappa shape index (κ2) is 5.55. The Bertz CT molecular complexity index is 374. The van der Waals surface area contributed by atoms with Gasteiger partial charge in [0.05, 0.1) is 6.10 Å². The molecular formula is C16H29N3O. The van der Waals surface area contributed by atoms with Crippen LogP contribution in [0.15, 0.2) is 4.99 Å².